The molecule has 0 N–H and O–H groups in total. The van der Waals surface area contributed by atoms with Gasteiger partial charge in [0, 0.05) is 66.7 Å². The standard InChI is InChI=1S/C66H44N2O2/c1-5-23-47(24-6-1)67(48-25-7-2-8-26-48)51-31-21-22-45(42-51)53-40-41-57(66-64(53)58-36-17-20-39-63(58)70-66)54-33-13-14-34-55(54)59-43-46(44-60-56-35-16-19-38-62(56)69-65(59)60)52-32-15-18-37-61(52)68(49-27-9-3-10-28-49)50-29-11-4-12-30-50/h1-44H. The SMILES string of the molecule is c1ccc(N(c2ccccc2)c2cccc(-c3ccc(-c4ccccc4-c4cc(-c5ccccc5N(c5ccccc5)c5ccccc5)cc5c4oc4ccccc45)c4oc5ccccc5c34)c2)cc1. The maximum absolute atomic E-state index is 7.02. The molecule has 0 spiro atoms. The maximum atomic E-state index is 7.02. The van der Waals surface area contributed by atoms with Gasteiger partial charge in [0.15, 0.2) is 0 Å². The van der Waals surface area contributed by atoms with Crippen LogP contribution in [0.2, 0.25) is 0 Å². The number of furan rings is 2. The Hall–Kier alpha value is -9.38. The fourth-order valence-corrected chi connectivity index (χ4v) is 10.3. The number of benzene rings is 11. The first kappa shape index (κ1) is 40.9. The second-order valence-electron chi connectivity index (χ2n) is 17.6. The highest BCUT2D eigenvalue weighted by Gasteiger charge is 2.24. The number of anilines is 6. The van der Waals surface area contributed by atoms with Gasteiger partial charge in [-0.05, 0) is 125 Å². The van der Waals surface area contributed by atoms with Crippen molar-refractivity contribution in [3.63, 3.8) is 0 Å². The molecule has 4 heteroatoms. The van der Waals surface area contributed by atoms with Crippen molar-refractivity contribution in [2.24, 2.45) is 0 Å². The highest BCUT2D eigenvalue weighted by atomic mass is 16.3. The first-order chi connectivity index (χ1) is 34.7. The molecule has 0 aliphatic carbocycles. The van der Waals surface area contributed by atoms with Crippen molar-refractivity contribution < 1.29 is 8.83 Å². The molecule has 0 amide bonds. The smallest absolute Gasteiger partial charge is 0.143 e. The summed E-state index contributed by atoms with van der Waals surface area (Å²) < 4.78 is 13.9. The highest BCUT2D eigenvalue weighted by molar-refractivity contribution is 6.18. The van der Waals surface area contributed by atoms with Gasteiger partial charge in [-0.3, -0.25) is 0 Å². The molecule has 0 saturated heterocycles. The van der Waals surface area contributed by atoms with Gasteiger partial charge in [0.2, 0.25) is 0 Å². The molecule has 4 nitrogen and oxygen atoms in total. The molecular weight excluding hydrogens is 853 g/mol. The van der Waals surface area contributed by atoms with Crippen molar-refractivity contribution in [2.45, 2.75) is 0 Å². The number of hydrogen-bond acceptors (Lipinski definition) is 4. The average Bonchev–Trinajstić information content (AvgIpc) is 4.02. The summed E-state index contributed by atoms with van der Waals surface area (Å²) in [4.78, 5) is 4.65. The molecule has 0 atom stereocenters. The Balaban J connectivity index is 1.01. The Morgan fingerprint density at radius 2 is 0.714 bits per heavy atom. The van der Waals surface area contributed by atoms with Crippen molar-refractivity contribution in [1.29, 1.82) is 0 Å². The predicted octanol–water partition coefficient (Wildman–Crippen LogP) is 19.1. The molecule has 0 fully saturated rings. The third-order valence-corrected chi connectivity index (χ3v) is 13.4. The van der Waals surface area contributed by atoms with Crippen LogP contribution in [0, 0.1) is 0 Å². The van der Waals surface area contributed by atoms with E-state index in [0.29, 0.717) is 0 Å². The molecule has 0 radical (unpaired) electrons. The van der Waals surface area contributed by atoms with Crippen LogP contribution in [0.1, 0.15) is 0 Å². The summed E-state index contributed by atoms with van der Waals surface area (Å²) in [6.07, 6.45) is 0. The molecule has 0 bridgehead atoms. The molecule has 13 aromatic rings. The quantitative estimate of drug-likeness (QED) is 0.137. The lowest BCUT2D eigenvalue weighted by Gasteiger charge is -2.28. The maximum Gasteiger partial charge on any atom is 0.143 e. The van der Waals surface area contributed by atoms with Crippen molar-refractivity contribution >= 4 is 78.0 Å². The van der Waals surface area contributed by atoms with E-state index in [1.807, 2.05) is 6.07 Å². The van der Waals surface area contributed by atoms with E-state index in [1.54, 1.807) is 0 Å². The predicted molar refractivity (Wildman–Crippen MR) is 292 cm³/mol. The summed E-state index contributed by atoms with van der Waals surface area (Å²) in [7, 11) is 0. The summed E-state index contributed by atoms with van der Waals surface area (Å²) in [5.74, 6) is 0. The zero-order chi connectivity index (χ0) is 46.4. The minimum absolute atomic E-state index is 0.836. The van der Waals surface area contributed by atoms with Gasteiger partial charge in [-0.1, -0.05) is 170 Å². The van der Waals surface area contributed by atoms with E-state index in [-0.39, 0.29) is 0 Å². The first-order valence-electron chi connectivity index (χ1n) is 23.7. The van der Waals surface area contributed by atoms with E-state index in [9.17, 15) is 0 Å². The van der Waals surface area contributed by atoms with Gasteiger partial charge < -0.3 is 18.6 Å². The van der Waals surface area contributed by atoms with Crippen molar-refractivity contribution in [2.75, 3.05) is 9.80 Å². The molecule has 2 heterocycles. The molecule has 13 rings (SSSR count). The molecule has 2 aromatic heterocycles. The topological polar surface area (TPSA) is 32.8 Å². The Labute approximate surface area is 406 Å². The van der Waals surface area contributed by atoms with Crippen molar-refractivity contribution in [3.8, 4) is 44.5 Å². The third kappa shape index (κ3) is 7.10. The molecule has 70 heavy (non-hydrogen) atoms. The summed E-state index contributed by atoms with van der Waals surface area (Å²) in [6, 6.07) is 94.5. The summed E-state index contributed by atoms with van der Waals surface area (Å²) in [5, 5.41) is 4.27. The molecule has 0 saturated carbocycles. The lowest BCUT2D eigenvalue weighted by atomic mass is 9.88. The van der Waals surface area contributed by atoms with Crippen molar-refractivity contribution in [3.05, 3.63) is 267 Å². The first-order valence-corrected chi connectivity index (χ1v) is 23.7. The van der Waals surface area contributed by atoms with Crippen LogP contribution < -0.4 is 9.80 Å². The van der Waals surface area contributed by atoms with E-state index in [2.05, 4.69) is 271 Å². The normalized spacial score (nSPS) is 11.4. The molecule has 0 aliphatic rings. The van der Waals surface area contributed by atoms with Gasteiger partial charge in [-0.15, -0.1) is 0 Å². The van der Waals surface area contributed by atoms with Gasteiger partial charge in [0.25, 0.3) is 0 Å². The van der Waals surface area contributed by atoms with Crippen molar-refractivity contribution in [1.82, 2.24) is 0 Å². The van der Waals surface area contributed by atoms with Crippen LogP contribution in [-0.4, -0.2) is 0 Å². The van der Waals surface area contributed by atoms with Gasteiger partial charge in [-0.25, -0.2) is 0 Å². The largest absolute Gasteiger partial charge is 0.455 e. The lowest BCUT2D eigenvalue weighted by molar-refractivity contribution is 0.669. The van der Waals surface area contributed by atoms with Crippen LogP contribution in [0.25, 0.3) is 88.4 Å². The van der Waals surface area contributed by atoms with Gasteiger partial charge in [0.1, 0.15) is 22.3 Å². The molecule has 330 valence electrons. The Kier molecular flexibility index (Phi) is 10.1. The van der Waals surface area contributed by atoms with E-state index < -0.39 is 0 Å². The van der Waals surface area contributed by atoms with E-state index in [1.165, 1.54) is 0 Å². The number of hydrogen-bond donors (Lipinski definition) is 0. The zero-order valence-electron chi connectivity index (χ0n) is 38.1. The Morgan fingerprint density at radius 1 is 0.243 bits per heavy atom. The second-order valence-corrected chi connectivity index (χ2v) is 17.6. The second kappa shape index (κ2) is 17.4. The van der Waals surface area contributed by atoms with Crippen LogP contribution in [0.5, 0.6) is 0 Å². The molecule has 0 unspecified atom stereocenters. The third-order valence-electron chi connectivity index (χ3n) is 13.4. The monoisotopic (exact) mass is 896 g/mol. The molecule has 11 aromatic carbocycles. The molecular formula is C66H44N2O2. The van der Waals surface area contributed by atoms with Crippen LogP contribution in [0.15, 0.2) is 276 Å². The van der Waals surface area contributed by atoms with Gasteiger partial charge in [0.05, 0.1) is 5.69 Å². The van der Waals surface area contributed by atoms with Crippen LogP contribution in [0.3, 0.4) is 0 Å². The summed E-state index contributed by atoms with van der Waals surface area (Å²) in [6.45, 7) is 0. The minimum Gasteiger partial charge on any atom is -0.455 e. The summed E-state index contributed by atoms with van der Waals surface area (Å²) >= 11 is 0. The minimum atomic E-state index is 0.836. The fraction of sp³-hybridized carbons (Fsp3) is 0. The van der Waals surface area contributed by atoms with Gasteiger partial charge >= 0.3 is 0 Å². The number of rotatable bonds is 10. The van der Waals surface area contributed by atoms with Crippen LogP contribution in [0.4, 0.5) is 34.1 Å². The Morgan fingerprint density at radius 3 is 1.36 bits per heavy atom. The van der Waals surface area contributed by atoms with E-state index in [0.717, 1.165) is 123 Å². The number of nitrogens with zero attached hydrogens (tertiary/aromatic N) is 2. The van der Waals surface area contributed by atoms with Gasteiger partial charge in [-0.2, -0.15) is 0 Å². The van der Waals surface area contributed by atoms with Crippen LogP contribution >= 0.6 is 0 Å². The molecule has 0 aliphatic heterocycles. The number of fused-ring (bicyclic) bond motifs is 6. The number of para-hydroxylation sites is 7. The average molecular weight is 897 g/mol. The van der Waals surface area contributed by atoms with E-state index >= 15 is 0 Å². The fourth-order valence-electron chi connectivity index (χ4n) is 10.3. The summed E-state index contributed by atoms with van der Waals surface area (Å²) in [5.41, 5.74) is 18.3. The highest BCUT2D eigenvalue weighted by Crippen LogP contribution is 2.49. The lowest BCUT2D eigenvalue weighted by Crippen LogP contribution is -2.10. The zero-order valence-corrected chi connectivity index (χ0v) is 38.1. The van der Waals surface area contributed by atoms with E-state index in [4.69, 9.17) is 8.83 Å². The van der Waals surface area contributed by atoms with Crippen LogP contribution in [-0.2, 0) is 0 Å². The Bertz CT molecular complexity index is 3930.